The Kier molecular flexibility index (Phi) is 7.68. The predicted octanol–water partition coefficient (Wildman–Crippen LogP) is 2.73. The fourth-order valence-electron chi connectivity index (χ4n) is 3.36. The van der Waals surface area contributed by atoms with Crippen molar-refractivity contribution in [3.05, 3.63) is 29.6 Å². The van der Waals surface area contributed by atoms with E-state index in [9.17, 15) is 18.0 Å². The standard InChI is InChI=1S/C18H23F3N2O2.CH2O2/c1-25-15-5-2-4-14(19)16(15)17(24)23-8-3-7-22(10-11-23)9-6-13-12-18(13,20)21;2-1-3/h2,4-5,13H,3,6-12H2,1H3;1H,(H,2,3). The molecule has 1 aromatic rings. The van der Waals surface area contributed by atoms with Crippen molar-refractivity contribution < 1.29 is 32.6 Å². The molecule has 3 rings (SSSR count). The van der Waals surface area contributed by atoms with Crippen LogP contribution in [-0.4, -0.2) is 73.0 Å². The first kappa shape index (κ1) is 22.0. The lowest BCUT2D eigenvalue weighted by molar-refractivity contribution is -0.122. The van der Waals surface area contributed by atoms with Gasteiger partial charge in [0.1, 0.15) is 17.1 Å². The van der Waals surface area contributed by atoms with E-state index in [1.54, 1.807) is 11.0 Å². The van der Waals surface area contributed by atoms with Gasteiger partial charge in [-0.1, -0.05) is 6.07 Å². The number of nitrogens with zero attached hydrogens (tertiary/aromatic N) is 2. The van der Waals surface area contributed by atoms with Gasteiger partial charge in [0.05, 0.1) is 7.11 Å². The Morgan fingerprint density at radius 3 is 2.61 bits per heavy atom. The number of halogens is 3. The second kappa shape index (κ2) is 9.77. The lowest BCUT2D eigenvalue weighted by Crippen LogP contribution is -2.36. The molecule has 28 heavy (non-hydrogen) atoms. The molecule has 1 saturated heterocycles. The normalized spacial score (nSPS) is 21.1. The maximum Gasteiger partial charge on any atom is 0.290 e. The fourth-order valence-corrected chi connectivity index (χ4v) is 3.36. The van der Waals surface area contributed by atoms with E-state index in [0.29, 0.717) is 32.6 Å². The number of alkyl halides is 2. The summed E-state index contributed by atoms with van der Waals surface area (Å²) >= 11 is 0. The van der Waals surface area contributed by atoms with Gasteiger partial charge in [0.25, 0.3) is 18.3 Å². The van der Waals surface area contributed by atoms with Crippen LogP contribution in [0.3, 0.4) is 0 Å². The molecule has 1 aliphatic carbocycles. The highest BCUT2D eigenvalue weighted by molar-refractivity contribution is 5.97. The number of ether oxygens (including phenoxy) is 1. The van der Waals surface area contributed by atoms with Gasteiger partial charge in [-0.05, 0) is 38.1 Å². The van der Waals surface area contributed by atoms with Crippen molar-refractivity contribution >= 4 is 12.4 Å². The van der Waals surface area contributed by atoms with Crippen LogP contribution >= 0.6 is 0 Å². The molecular weight excluding hydrogens is 377 g/mol. The van der Waals surface area contributed by atoms with Crippen LogP contribution in [-0.2, 0) is 4.79 Å². The molecule has 1 aliphatic heterocycles. The van der Waals surface area contributed by atoms with Crippen molar-refractivity contribution in [2.75, 3.05) is 39.8 Å². The molecule has 1 amide bonds. The van der Waals surface area contributed by atoms with Crippen molar-refractivity contribution in [3.8, 4) is 5.75 Å². The van der Waals surface area contributed by atoms with Crippen LogP contribution in [0.1, 0.15) is 29.6 Å². The Morgan fingerprint density at radius 1 is 1.32 bits per heavy atom. The molecule has 9 heteroatoms. The van der Waals surface area contributed by atoms with Gasteiger partial charge in [-0.25, -0.2) is 13.2 Å². The molecule has 1 N–H and O–H groups in total. The summed E-state index contributed by atoms with van der Waals surface area (Å²) in [7, 11) is 1.41. The van der Waals surface area contributed by atoms with Gasteiger partial charge in [-0.15, -0.1) is 0 Å². The Balaban J connectivity index is 0.000000878. The molecule has 1 unspecified atom stereocenters. The Bertz CT molecular complexity index is 687. The van der Waals surface area contributed by atoms with E-state index in [0.717, 1.165) is 13.0 Å². The maximum absolute atomic E-state index is 14.1. The second-order valence-corrected chi connectivity index (χ2v) is 6.86. The molecule has 1 aromatic carbocycles. The van der Waals surface area contributed by atoms with Crippen molar-refractivity contribution in [2.24, 2.45) is 5.92 Å². The van der Waals surface area contributed by atoms with Gasteiger partial charge in [-0.3, -0.25) is 9.59 Å². The number of carbonyl (C=O) groups excluding carboxylic acids is 1. The largest absolute Gasteiger partial charge is 0.496 e. The minimum atomic E-state index is -2.48. The highest BCUT2D eigenvalue weighted by Crippen LogP contribution is 2.50. The van der Waals surface area contributed by atoms with Crippen LogP contribution in [0.15, 0.2) is 18.2 Å². The Morgan fingerprint density at radius 2 is 2.00 bits per heavy atom. The fraction of sp³-hybridized carbons (Fsp3) is 0.579. The number of benzene rings is 1. The highest BCUT2D eigenvalue weighted by Gasteiger charge is 2.56. The van der Waals surface area contributed by atoms with Crippen LogP contribution in [0.4, 0.5) is 13.2 Å². The van der Waals surface area contributed by atoms with Gasteiger partial charge < -0.3 is 19.6 Å². The van der Waals surface area contributed by atoms with Crippen LogP contribution < -0.4 is 4.74 Å². The molecule has 6 nitrogen and oxygen atoms in total. The Hall–Kier alpha value is -2.29. The van der Waals surface area contributed by atoms with Crippen LogP contribution in [0.5, 0.6) is 5.75 Å². The molecule has 0 bridgehead atoms. The van der Waals surface area contributed by atoms with Gasteiger partial charge in [0, 0.05) is 32.0 Å². The molecule has 0 aromatic heterocycles. The first-order valence-electron chi connectivity index (χ1n) is 9.13. The van der Waals surface area contributed by atoms with Crippen molar-refractivity contribution in [2.45, 2.75) is 25.2 Å². The molecule has 1 saturated carbocycles. The number of hydrogen-bond acceptors (Lipinski definition) is 4. The number of rotatable bonds is 5. The van der Waals surface area contributed by atoms with Gasteiger partial charge in [-0.2, -0.15) is 0 Å². The van der Waals surface area contributed by atoms with Crippen LogP contribution in [0.25, 0.3) is 0 Å². The average molecular weight is 402 g/mol. The number of carbonyl (C=O) groups is 2. The van der Waals surface area contributed by atoms with Crippen LogP contribution in [0.2, 0.25) is 0 Å². The summed E-state index contributed by atoms with van der Waals surface area (Å²) in [6, 6.07) is 4.31. The molecular formula is C19H25F3N2O4. The summed E-state index contributed by atoms with van der Waals surface area (Å²) in [6.07, 6.45) is 1.23. The number of methoxy groups -OCH3 is 1. The summed E-state index contributed by atoms with van der Waals surface area (Å²) in [4.78, 5) is 24.8. The monoisotopic (exact) mass is 402 g/mol. The Labute approximate surface area is 161 Å². The third-order valence-electron chi connectivity index (χ3n) is 5.03. The molecule has 156 valence electrons. The minimum absolute atomic E-state index is 0.00146. The van der Waals surface area contributed by atoms with E-state index in [1.165, 1.54) is 19.2 Å². The van der Waals surface area contributed by atoms with Crippen molar-refractivity contribution in [1.29, 1.82) is 0 Å². The zero-order chi connectivity index (χ0) is 20.7. The number of hydrogen-bond donors (Lipinski definition) is 1. The predicted molar refractivity (Wildman–Crippen MR) is 96.3 cm³/mol. The summed E-state index contributed by atoms with van der Waals surface area (Å²) < 4.78 is 45.2. The van der Waals surface area contributed by atoms with Gasteiger partial charge in [0.15, 0.2) is 0 Å². The van der Waals surface area contributed by atoms with Crippen molar-refractivity contribution in [1.82, 2.24) is 9.80 Å². The smallest absolute Gasteiger partial charge is 0.290 e. The molecule has 0 radical (unpaired) electrons. The summed E-state index contributed by atoms with van der Waals surface area (Å²) in [6.45, 7) is 2.71. The SMILES string of the molecule is COc1cccc(F)c1C(=O)N1CCCN(CCC2CC2(F)F)CC1.O=CO. The first-order chi connectivity index (χ1) is 13.3. The zero-order valence-electron chi connectivity index (χ0n) is 15.7. The molecule has 1 atom stereocenters. The first-order valence-corrected chi connectivity index (χ1v) is 9.13. The zero-order valence-corrected chi connectivity index (χ0v) is 15.7. The topological polar surface area (TPSA) is 70.1 Å². The quantitative estimate of drug-likeness (QED) is 0.767. The molecule has 2 aliphatic rings. The maximum atomic E-state index is 14.1. The lowest BCUT2D eigenvalue weighted by atomic mass is 10.1. The van der Waals surface area contributed by atoms with Crippen LogP contribution in [0, 0.1) is 11.7 Å². The summed E-state index contributed by atoms with van der Waals surface area (Å²) in [5.41, 5.74) is -0.0453. The summed E-state index contributed by atoms with van der Waals surface area (Å²) in [5.74, 6) is -3.72. The second-order valence-electron chi connectivity index (χ2n) is 6.86. The van der Waals surface area contributed by atoms with E-state index >= 15 is 0 Å². The average Bonchev–Trinajstić information content (AvgIpc) is 3.34. The van der Waals surface area contributed by atoms with E-state index in [1.807, 2.05) is 0 Å². The van der Waals surface area contributed by atoms with E-state index in [4.69, 9.17) is 14.6 Å². The third kappa shape index (κ3) is 5.60. The number of carboxylic acid groups (broad SMARTS) is 1. The summed E-state index contributed by atoms with van der Waals surface area (Å²) in [5, 5.41) is 6.89. The van der Waals surface area contributed by atoms with E-state index < -0.39 is 17.7 Å². The number of amides is 1. The molecule has 1 heterocycles. The minimum Gasteiger partial charge on any atom is -0.496 e. The van der Waals surface area contributed by atoms with E-state index in [-0.39, 0.29) is 30.1 Å². The molecule has 2 fully saturated rings. The highest BCUT2D eigenvalue weighted by atomic mass is 19.3. The third-order valence-corrected chi connectivity index (χ3v) is 5.03. The van der Waals surface area contributed by atoms with Gasteiger partial charge >= 0.3 is 0 Å². The van der Waals surface area contributed by atoms with Crippen molar-refractivity contribution in [3.63, 3.8) is 0 Å². The van der Waals surface area contributed by atoms with E-state index in [2.05, 4.69) is 4.90 Å². The van der Waals surface area contributed by atoms with Gasteiger partial charge in [0.2, 0.25) is 0 Å². The molecule has 0 spiro atoms. The lowest BCUT2D eigenvalue weighted by Gasteiger charge is -2.23.